The molecule has 1 N–H and O–H groups in total. The van der Waals surface area contributed by atoms with Crippen molar-refractivity contribution in [2.45, 2.75) is 50.5 Å². The largest absolute Gasteiger partial charge is 0.416 e. The van der Waals surface area contributed by atoms with Crippen molar-refractivity contribution in [3.8, 4) is 0 Å². The van der Waals surface area contributed by atoms with Crippen LogP contribution < -0.4 is 0 Å². The Kier molecular flexibility index (Phi) is 6.89. The van der Waals surface area contributed by atoms with Gasteiger partial charge in [0.05, 0.1) is 36.4 Å². The van der Waals surface area contributed by atoms with E-state index in [9.17, 15) is 26.3 Å². The number of aromatic amines is 1. The van der Waals surface area contributed by atoms with Gasteiger partial charge in [-0.15, -0.1) is 5.10 Å². The minimum absolute atomic E-state index is 0.115. The zero-order chi connectivity index (χ0) is 24.3. The number of hydrogen-bond acceptors (Lipinski definition) is 5. The fraction of sp³-hybridized carbons (Fsp3) is 0.409. The second kappa shape index (κ2) is 9.71. The van der Waals surface area contributed by atoms with Gasteiger partial charge in [-0.1, -0.05) is 30.3 Å². The van der Waals surface area contributed by atoms with Crippen LogP contribution in [0.1, 0.15) is 47.0 Å². The van der Waals surface area contributed by atoms with Crippen molar-refractivity contribution in [2.75, 3.05) is 6.54 Å². The van der Waals surface area contributed by atoms with Crippen LogP contribution in [0.3, 0.4) is 0 Å². The van der Waals surface area contributed by atoms with Gasteiger partial charge in [0, 0.05) is 0 Å². The summed E-state index contributed by atoms with van der Waals surface area (Å²) in [6, 6.07) is 10.6. The highest BCUT2D eigenvalue weighted by Gasteiger charge is 2.38. The number of hydrogen-bond donors (Lipinski definition) is 1. The van der Waals surface area contributed by atoms with E-state index in [1.165, 1.54) is 0 Å². The van der Waals surface area contributed by atoms with Crippen molar-refractivity contribution in [3.05, 3.63) is 76.6 Å². The number of aromatic nitrogens is 4. The highest BCUT2D eigenvalue weighted by molar-refractivity contribution is 5.33. The second-order valence-corrected chi connectivity index (χ2v) is 8.08. The third-order valence-corrected chi connectivity index (χ3v) is 5.67. The number of nitrogens with one attached hydrogen (secondary N) is 1. The number of alkyl halides is 6. The van der Waals surface area contributed by atoms with E-state index in [0.29, 0.717) is 37.5 Å². The maximum absolute atomic E-state index is 13.2. The van der Waals surface area contributed by atoms with Gasteiger partial charge in [0.2, 0.25) is 0 Å². The molecule has 0 saturated carbocycles. The van der Waals surface area contributed by atoms with Crippen molar-refractivity contribution >= 4 is 0 Å². The van der Waals surface area contributed by atoms with E-state index in [1.807, 2.05) is 30.3 Å². The lowest BCUT2D eigenvalue weighted by atomic mass is 9.92. The standard InChI is InChI=1S/C22H21F6N5O/c23-21(24,25)16-9-14(10-17(11-16)22(26,27)28)13-34-18-7-4-8-33(12-19-29-31-32-30-19)20(18)15-5-2-1-3-6-15/h1-3,5-6,9-11,18,20H,4,7-8,12-13H2,(H,29,30,31,32)/t18-,20-/m0/s1. The molecule has 0 bridgehead atoms. The second-order valence-electron chi connectivity index (χ2n) is 8.08. The molecule has 2 atom stereocenters. The average molecular weight is 485 g/mol. The predicted molar refractivity (Wildman–Crippen MR) is 108 cm³/mol. The molecule has 4 rings (SSSR count). The lowest BCUT2D eigenvalue weighted by Gasteiger charge is -2.41. The fourth-order valence-electron chi connectivity index (χ4n) is 4.20. The third kappa shape index (κ3) is 5.73. The van der Waals surface area contributed by atoms with Crippen LogP contribution in [0.4, 0.5) is 26.3 Å². The first-order valence-electron chi connectivity index (χ1n) is 10.5. The Morgan fingerprint density at radius 3 is 2.24 bits per heavy atom. The summed E-state index contributed by atoms with van der Waals surface area (Å²) in [4.78, 5) is 2.08. The van der Waals surface area contributed by atoms with E-state index < -0.39 is 36.2 Å². The van der Waals surface area contributed by atoms with Crippen LogP contribution >= 0.6 is 0 Å². The zero-order valence-corrected chi connectivity index (χ0v) is 17.8. The van der Waals surface area contributed by atoms with Crippen molar-refractivity contribution < 1.29 is 31.1 Å². The predicted octanol–water partition coefficient (Wildman–Crippen LogP) is 5.16. The summed E-state index contributed by atoms with van der Waals surface area (Å²) in [5, 5.41) is 13.8. The van der Waals surface area contributed by atoms with Crippen LogP contribution in [0, 0.1) is 0 Å². The van der Waals surface area contributed by atoms with E-state index in [1.54, 1.807) is 0 Å². The molecule has 1 fully saturated rings. The highest BCUT2D eigenvalue weighted by Crippen LogP contribution is 2.38. The van der Waals surface area contributed by atoms with Crippen LogP contribution in [0.5, 0.6) is 0 Å². The van der Waals surface area contributed by atoms with Crippen LogP contribution in [0.25, 0.3) is 0 Å². The molecular formula is C22H21F6N5O. The third-order valence-electron chi connectivity index (χ3n) is 5.67. The monoisotopic (exact) mass is 485 g/mol. The van der Waals surface area contributed by atoms with Crippen LogP contribution in [0.2, 0.25) is 0 Å². The molecule has 1 aliphatic heterocycles. The Bertz CT molecular complexity index is 1040. The molecule has 0 aliphatic carbocycles. The van der Waals surface area contributed by atoms with Crippen molar-refractivity contribution in [1.82, 2.24) is 25.5 Å². The Morgan fingerprint density at radius 1 is 0.971 bits per heavy atom. The number of nitrogens with zero attached hydrogens (tertiary/aromatic N) is 4. The molecule has 0 unspecified atom stereocenters. The van der Waals surface area contributed by atoms with Crippen LogP contribution in [-0.4, -0.2) is 38.2 Å². The SMILES string of the molecule is FC(F)(F)c1cc(CO[C@H]2CCCN(Cc3nnn[nH]3)[C@H]2c2ccccc2)cc(C(F)(F)F)c1. The maximum atomic E-state index is 13.2. The Labute approximate surface area is 190 Å². The molecule has 1 saturated heterocycles. The number of tetrazole rings is 1. The van der Waals surface area contributed by atoms with E-state index >= 15 is 0 Å². The Morgan fingerprint density at radius 2 is 1.65 bits per heavy atom. The maximum Gasteiger partial charge on any atom is 0.416 e. The van der Waals surface area contributed by atoms with Gasteiger partial charge in [-0.25, -0.2) is 5.10 Å². The van der Waals surface area contributed by atoms with Crippen LogP contribution in [-0.2, 0) is 30.2 Å². The van der Waals surface area contributed by atoms with Crippen LogP contribution in [0.15, 0.2) is 48.5 Å². The molecule has 6 nitrogen and oxygen atoms in total. The molecule has 0 amide bonds. The number of likely N-dealkylation sites (tertiary alicyclic amines) is 1. The summed E-state index contributed by atoms with van der Waals surface area (Å²) in [6.45, 7) is 0.689. The quantitative estimate of drug-likeness (QED) is 0.489. The molecule has 0 radical (unpaired) electrons. The van der Waals surface area contributed by atoms with Gasteiger partial charge >= 0.3 is 12.4 Å². The molecule has 1 aliphatic rings. The molecule has 182 valence electrons. The van der Waals surface area contributed by atoms with Crippen molar-refractivity contribution in [2.24, 2.45) is 0 Å². The first kappa shape index (κ1) is 24.1. The van der Waals surface area contributed by atoms with Gasteiger partial charge < -0.3 is 4.74 Å². The average Bonchev–Trinajstić information content (AvgIpc) is 3.30. The summed E-state index contributed by atoms with van der Waals surface area (Å²) in [5.41, 5.74) is -1.99. The molecule has 34 heavy (non-hydrogen) atoms. The Balaban J connectivity index is 1.59. The number of H-pyrrole nitrogens is 1. The molecule has 2 aromatic carbocycles. The van der Waals surface area contributed by atoms with Crippen molar-refractivity contribution in [1.29, 1.82) is 0 Å². The number of benzene rings is 2. The number of piperidine rings is 1. The molecular weight excluding hydrogens is 464 g/mol. The minimum Gasteiger partial charge on any atom is -0.372 e. The minimum atomic E-state index is -4.91. The highest BCUT2D eigenvalue weighted by atomic mass is 19.4. The Hall–Kier alpha value is -2.99. The summed E-state index contributed by atoms with van der Waals surface area (Å²) in [5.74, 6) is 0.536. The number of rotatable bonds is 6. The molecule has 3 aromatic rings. The van der Waals surface area contributed by atoms with E-state index in [2.05, 4.69) is 25.5 Å². The summed E-state index contributed by atoms with van der Waals surface area (Å²) in [6.07, 6.45) is -8.96. The fourth-order valence-corrected chi connectivity index (χ4v) is 4.20. The lowest BCUT2D eigenvalue weighted by molar-refractivity contribution is -0.143. The van der Waals surface area contributed by atoms with Gasteiger partial charge in [0.1, 0.15) is 0 Å². The normalized spacial score (nSPS) is 19.9. The topological polar surface area (TPSA) is 66.9 Å². The summed E-state index contributed by atoms with van der Waals surface area (Å²) >= 11 is 0. The van der Waals surface area contributed by atoms with Gasteiger partial charge in [0.15, 0.2) is 5.82 Å². The van der Waals surface area contributed by atoms with Gasteiger partial charge in [-0.2, -0.15) is 26.3 Å². The van der Waals surface area contributed by atoms with E-state index in [4.69, 9.17) is 4.74 Å². The first-order valence-corrected chi connectivity index (χ1v) is 10.5. The molecule has 12 heteroatoms. The van der Waals surface area contributed by atoms with E-state index in [0.717, 1.165) is 12.0 Å². The lowest BCUT2D eigenvalue weighted by Crippen LogP contribution is -2.42. The van der Waals surface area contributed by atoms with Gasteiger partial charge in [-0.05, 0) is 59.1 Å². The number of ether oxygens (including phenoxy) is 1. The smallest absolute Gasteiger partial charge is 0.372 e. The molecule has 2 heterocycles. The summed E-state index contributed by atoms with van der Waals surface area (Å²) < 4.78 is 85.3. The summed E-state index contributed by atoms with van der Waals surface area (Å²) in [7, 11) is 0. The van der Waals surface area contributed by atoms with E-state index in [-0.39, 0.29) is 17.7 Å². The molecule has 0 spiro atoms. The number of halogens is 6. The zero-order valence-electron chi connectivity index (χ0n) is 17.8. The molecule has 1 aromatic heterocycles. The van der Waals surface area contributed by atoms with Gasteiger partial charge in [0.25, 0.3) is 0 Å². The first-order chi connectivity index (χ1) is 16.1. The van der Waals surface area contributed by atoms with Crippen molar-refractivity contribution in [3.63, 3.8) is 0 Å². The van der Waals surface area contributed by atoms with Gasteiger partial charge in [-0.3, -0.25) is 4.90 Å².